The van der Waals surface area contributed by atoms with E-state index in [2.05, 4.69) is 20.2 Å². The molecule has 1 aliphatic heterocycles. The predicted molar refractivity (Wildman–Crippen MR) is 135 cm³/mol. The third kappa shape index (κ3) is 6.02. The maximum atomic E-state index is 13.3. The van der Waals surface area contributed by atoms with Crippen molar-refractivity contribution < 1.29 is 19.1 Å². The van der Waals surface area contributed by atoms with Crippen LogP contribution in [0.3, 0.4) is 0 Å². The fourth-order valence-corrected chi connectivity index (χ4v) is 4.53. The largest absolute Gasteiger partial charge is 0.497 e. The molecule has 2 amide bonds. The molecule has 0 atom stereocenters. The molecule has 1 fully saturated rings. The Hall–Kier alpha value is -3.79. The van der Waals surface area contributed by atoms with Crippen LogP contribution in [0.1, 0.15) is 10.4 Å². The van der Waals surface area contributed by atoms with E-state index in [1.165, 1.54) is 18.9 Å². The number of rotatable bonds is 8. The lowest BCUT2D eigenvalue weighted by Gasteiger charge is -2.35. The lowest BCUT2D eigenvalue weighted by Crippen LogP contribution is -2.49. The van der Waals surface area contributed by atoms with Crippen LogP contribution in [0.4, 0.5) is 11.5 Å². The number of amides is 2. The first-order valence-electron chi connectivity index (χ1n) is 11.1. The molecule has 3 aromatic rings. The maximum Gasteiger partial charge on any atom is 0.256 e. The molecule has 35 heavy (non-hydrogen) atoms. The molecule has 9 nitrogen and oxygen atoms in total. The van der Waals surface area contributed by atoms with Gasteiger partial charge in [-0.2, -0.15) is 0 Å². The van der Waals surface area contributed by atoms with Crippen LogP contribution in [0, 0.1) is 0 Å². The van der Waals surface area contributed by atoms with E-state index < -0.39 is 0 Å². The van der Waals surface area contributed by atoms with Crippen molar-refractivity contribution in [2.75, 3.05) is 56.4 Å². The first kappa shape index (κ1) is 24.3. The summed E-state index contributed by atoms with van der Waals surface area (Å²) in [5.74, 6) is 1.83. The van der Waals surface area contributed by atoms with Gasteiger partial charge in [-0.3, -0.25) is 9.59 Å². The highest BCUT2D eigenvalue weighted by molar-refractivity contribution is 8.00. The van der Waals surface area contributed by atoms with E-state index in [4.69, 9.17) is 9.47 Å². The fourth-order valence-electron chi connectivity index (χ4n) is 3.74. The molecular weight excluding hydrogens is 466 g/mol. The summed E-state index contributed by atoms with van der Waals surface area (Å²) in [5.41, 5.74) is 1.04. The average Bonchev–Trinajstić information content (AvgIpc) is 2.92. The number of nitrogens with zero attached hydrogens (tertiary/aromatic N) is 4. The van der Waals surface area contributed by atoms with Gasteiger partial charge < -0.3 is 24.6 Å². The van der Waals surface area contributed by atoms with Crippen molar-refractivity contribution in [3.8, 4) is 11.5 Å². The Morgan fingerprint density at radius 3 is 2.49 bits per heavy atom. The van der Waals surface area contributed by atoms with Gasteiger partial charge in [0.15, 0.2) is 0 Å². The van der Waals surface area contributed by atoms with E-state index in [0.717, 1.165) is 5.82 Å². The average molecular weight is 494 g/mol. The number of carbonyl (C=O) groups excluding carboxylic acids is 2. The summed E-state index contributed by atoms with van der Waals surface area (Å²) < 4.78 is 10.5. The molecule has 3 heterocycles. The number of piperazine rings is 1. The highest BCUT2D eigenvalue weighted by Crippen LogP contribution is 2.29. The Bertz CT molecular complexity index is 1170. The predicted octanol–water partition coefficient (Wildman–Crippen LogP) is 3.19. The molecule has 1 saturated heterocycles. The number of hydrogen-bond acceptors (Lipinski definition) is 8. The van der Waals surface area contributed by atoms with Crippen molar-refractivity contribution in [3.63, 3.8) is 0 Å². The lowest BCUT2D eigenvalue weighted by atomic mass is 10.2. The Morgan fingerprint density at radius 1 is 0.971 bits per heavy atom. The minimum atomic E-state index is -0.230. The van der Waals surface area contributed by atoms with Crippen LogP contribution in [0.5, 0.6) is 11.5 Å². The summed E-state index contributed by atoms with van der Waals surface area (Å²) in [6, 6.07) is 14.5. The van der Waals surface area contributed by atoms with Crippen LogP contribution < -0.4 is 19.7 Å². The molecule has 10 heteroatoms. The Kier molecular flexibility index (Phi) is 8.04. The molecule has 0 spiro atoms. The van der Waals surface area contributed by atoms with Crippen molar-refractivity contribution in [1.82, 2.24) is 14.9 Å². The van der Waals surface area contributed by atoms with Gasteiger partial charge in [0.05, 0.1) is 31.2 Å². The minimum absolute atomic E-state index is 0.0847. The van der Waals surface area contributed by atoms with Crippen LogP contribution in [-0.4, -0.2) is 72.8 Å². The van der Waals surface area contributed by atoms with Crippen molar-refractivity contribution in [2.24, 2.45) is 0 Å². The number of hydrogen-bond donors (Lipinski definition) is 1. The monoisotopic (exact) mass is 493 g/mol. The third-order valence-electron chi connectivity index (χ3n) is 5.56. The van der Waals surface area contributed by atoms with Crippen LogP contribution in [0.15, 0.2) is 66.0 Å². The molecule has 2 aromatic heterocycles. The molecule has 0 aliphatic carbocycles. The summed E-state index contributed by atoms with van der Waals surface area (Å²) in [6.45, 7) is 2.59. The Labute approximate surface area is 208 Å². The molecule has 1 aliphatic rings. The van der Waals surface area contributed by atoms with Gasteiger partial charge in [-0.25, -0.2) is 9.97 Å². The second kappa shape index (κ2) is 11.6. The van der Waals surface area contributed by atoms with Gasteiger partial charge in [0, 0.05) is 44.6 Å². The zero-order valence-electron chi connectivity index (χ0n) is 19.6. The molecule has 1 aromatic carbocycles. The topological polar surface area (TPSA) is 96.9 Å². The zero-order chi connectivity index (χ0) is 24.6. The quantitative estimate of drug-likeness (QED) is 0.478. The molecule has 0 bridgehead atoms. The highest BCUT2D eigenvalue weighted by Gasteiger charge is 2.25. The molecule has 1 N–H and O–H groups in total. The first-order chi connectivity index (χ1) is 17.1. The molecule has 4 rings (SSSR count). The molecule has 0 unspecified atom stereocenters. The number of anilines is 2. The molecular formula is C25H27N5O4S. The number of methoxy groups -OCH3 is 2. The van der Waals surface area contributed by atoms with Crippen LogP contribution in [-0.2, 0) is 4.79 Å². The number of pyridine rings is 2. The minimum Gasteiger partial charge on any atom is -0.497 e. The number of aromatic nitrogens is 2. The van der Waals surface area contributed by atoms with Gasteiger partial charge in [0.1, 0.15) is 22.3 Å². The molecule has 0 radical (unpaired) electrons. The lowest BCUT2D eigenvalue weighted by molar-refractivity contribution is -0.113. The van der Waals surface area contributed by atoms with Gasteiger partial charge in [0.25, 0.3) is 5.91 Å². The van der Waals surface area contributed by atoms with Crippen molar-refractivity contribution in [3.05, 3.63) is 66.5 Å². The van der Waals surface area contributed by atoms with E-state index >= 15 is 0 Å². The first-order valence-corrected chi connectivity index (χ1v) is 12.1. The van der Waals surface area contributed by atoms with Crippen LogP contribution in [0.2, 0.25) is 0 Å². The summed E-state index contributed by atoms with van der Waals surface area (Å²) in [4.78, 5) is 38.6. The van der Waals surface area contributed by atoms with E-state index in [-0.39, 0.29) is 17.6 Å². The van der Waals surface area contributed by atoms with Crippen molar-refractivity contribution in [1.29, 1.82) is 0 Å². The van der Waals surface area contributed by atoms with E-state index in [0.29, 0.717) is 54.0 Å². The fraction of sp³-hybridized carbons (Fsp3) is 0.280. The SMILES string of the molecule is COc1ccc(NC(=O)CSc2ncccc2C(=O)N2CCN(c3ccccn3)CC2)c(OC)c1. The maximum absolute atomic E-state index is 13.3. The van der Waals surface area contributed by atoms with Gasteiger partial charge in [-0.1, -0.05) is 17.8 Å². The van der Waals surface area contributed by atoms with Crippen LogP contribution >= 0.6 is 11.8 Å². The summed E-state index contributed by atoms with van der Waals surface area (Å²) in [7, 11) is 3.09. The second-order valence-electron chi connectivity index (χ2n) is 7.73. The third-order valence-corrected chi connectivity index (χ3v) is 6.57. The normalized spacial score (nSPS) is 13.3. The molecule has 182 valence electrons. The highest BCUT2D eigenvalue weighted by atomic mass is 32.2. The van der Waals surface area contributed by atoms with E-state index in [1.807, 2.05) is 23.1 Å². The van der Waals surface area contributed by atoms with E-state index in [9.17, 15) is 9.59 Å². The number of carbonyl (C=O) groups is 2. The van der Waals surface area contributed by atoms with E-state index in [1.54, 1.807) is 49.8 Å². The van der Waals surface area contributed by atoms with Crippen molar-refractivity contribution in [2.45, 2.75) is 5.03 Å². The van der Waals surface area contributed by atoms with Crippen LogP contribution in [0.25, 0.3) is 0 Å². The summed E-state index contributed by atoms with van der Waals surface area (Å²) in [5, 5.41) is 3.37. The van der Waals surface area contributed by atoms with Gasteiger partial charge >= 0.3 is 0 Å². The number of ether oxygens (including phenoxy) is 2. The second-order valence-corrected chi connectivity index (χ2v) is 8.69. The summed E-state index contributed by atoms with van der Waals surface area (Å²) >= 11 is 1.23. The zero-order valence-corrected chi connectivity index (χ0v) is 20.5. The standard InChI is InChI=1S/C25H27N5O4S/c1-33-18-8-9-20(21(16-18)34-2)28-23(31)17-35-24-19(6-5-11-27-24)25(32)30-14-12-29(13-15-30)22-7-3-4-10-26-22/h3-11,16H,12-15,17H2,1-2H3,(H,28,31). The summed E-state index contributed by atoms with van der Waals surface area (Å²) in [6.07, 6.45) is 3.40. The number of benzene rings is 1. The Morgan fingerprint density at radius 2 is 1.77 bits per heavy atom. The Balaban J connectivity index is 1.36. The van der Waals surface area contributed by atoms with Crippen molar-refractivity contribution >= 4 is 35.1 Å². The smallest absolute Gasteiger partial charge is 0.256 e. The van der Waals surface area contributed by atoms with Gasteiger partial charge in [-0.15, -0.1) is 0 Å². The van der Waals surface area contributed by atoms with Gasteiger partial charge in [0.2, 0.25) is 5.91 Å². The van der Waals surface area contributed by atoms with Gasteiger partial charge in [-0.05, 0) is 36.4 Å². The molecule has 0 saturated carbocycles. The number of thioether (sulfide) groups is 1. The number of nitrogens with one attached hydrogen (secondary N) is 1.